The van der Waals surface area contributed by atoms with Gasteiger partial charge in [0, 0.05) is 16.3 Å². The van der Waals surface area contributed by atoms with Crippen LogP contribution in [0, 0.1) is 0 Å². The second-order valence-corrected chi connectivity index (χ2v) is 7.03. The predicted molar refractivity (Wildman–Crippen MR) is 119 cm³/mol. The van der Waals surface area contributed by atoms with Gasteiger partial charge in [0.25, 0.3) is 5.56 Å². The van der Waals surface area contributed by atoms with Crippen LogP contribution in [0.2, 0.25) is 0 Å². The van der Waals surface area contributed by atoms with Crippen molar-refractivity contribution in [1.82, 2.24) is 9.66 Å². The molecule has 0 spiro atoms. The number of halogens is 1. The summed E-state index contributed by atoms with van der Waals surface area (Å²) in [6.45, 7) is 0. The molecule has 0 bridgehead atoms. The number of hydrogen-bond donors (Lipinski definition) is 0. The van der Waals surface area contributed by atoms with Crippen LogP contribution in [0.15, 0.2) is 99.3 Å². The molecular formula is C23H16BrN3O. The molecule has 4 rings (SSSR count). The van der Waals surface area contributed by atoms with E-state index in [1.807, 2.05) is 84.9 Å². The average Bonchev–Trinajstić information content (AvgIpc) is 2.74. The maximum atomic E-state index is 13.0. The Kier molecular flexibility index (Phi) is 5.26. The molecule has 0 aliphatic rings. The Morgan fingerprint density at radius 3 is 2.39 bits per heavy atom. The van der Waals surface area contributed by atoms with E-state index in [-0.39, 0.29) is 5.56 Å². The van der Waals surface area contributed by atoms with E-state index in [9.17, 15) is 4.79 Å². The van der Waals surface area contributed by atoms with Crippen molar-refractivity contribution < 1.29 is 0 Å². The predicted octanol–water partition coefficient (Wildman–Crippen LogP) is 5.37. The molecule has 0 unspecified atom stereocenters. The van der Waals surface area contributed by atoms with E-state index in [0.717, 1.165) is 15.6 Å². The van der Waals surface area contributed by atoms with Crippen molar-refractivity contribution in [2.45, 2.75) is 0 Å². The number of fused-ring (bicyclic) bond motifs is 1. The lowest BCUT2D eigenvalue weighted by Gasteiger charge is -2.09. The monoisotopic (exact) mass is 429 g/mol. The van der Waals surface area contributed by atoms with Crippen LogP contribution in [0.1, 0.15) is 5.56 Å². The van der Waals surface area contributed by atoms with Gasteiger partial charge in [0.05, 0.1) is 10.9 Å². The number of rotatable bonds is 4. The van der Waals surface area contributed by atoms with Gasteiger partial charge in [-0.1, -0.05) is 76.6 Å². The zero-order valence-electron chi connectivity index (χ0n) is 14.9. The van der Waals surface area contributed by atoms with Crippen molar-refractivity contribution >= 4 is 39.1 Å². The van der Waals surface area contributed by atoms with Gasteiger partial charge in [0.1, 0.15) is 0 Å². The smallest absolute Gasteiger partial charge is 0.267 e. The molecule has 5 heteroatoms. The quantitative estimate of drug-likeness (QED) is 0.409. The third-order valence-corrected chi connectivity index (χ3v) is 4.74. The summed E-state index contributed by atoms with van der Waals surface area (Å²) in [4.78, 5) is 17.7. The SMILES string of the molecule is O=c1c2ccccc2nc(-c2ccc(Br)cc2)n1/N=C/C=C/c1ccccc1. The Bertz CT molecular complexity index is 1230. The van der Waals surface area contributed by atoms with E-state index < -0.39 is 0 Å². The van der Waals surface area contributed by atoms with Gasteiger partial charge in [-0.2, -0.15) is 9.78 Å². The molecule has 0 aliphatic heterocycles. The maximum Gasteiger partial charge on any atom is 0.282 e. The van der Waals surface area contributed by atoms with E-state index in [0.29, 0.717) is 16.7 Å². The van der Waals surface area contributed by atoms with Gasteiger partial charge < -0.3 is 0 Å². The Balaban J connectivity index is 1.81. The first-order valence-corrected chi connectivity index (χ1v) is 9.55. The summed E-state index contributed by atoms with van der Waals surface area (Å²) in [5.74, 6) is 0.501. The molecule has 0 saturated carbocycles. The number of aromatic nitrogens is 2. The van der Waals surface area contributed by atoms with Gasteiger partial charge in [0.15, 0.2) is 5.82 Å². The molecule has 136 valence electrons. The third-order valence-electron chi connectivity index (χ3n) is 4.21. The molecule has 0 aliphatic carbocycles. The third kappa shape index (κ3) is 3.85. The van der Waals surface area contributed by atoms with Crippen LogP contribution in [0.4, 0.5) is 0 Å². The van der Waals surface area contributed by atoms with E-state index in [4.69, 9.17) is 0 Å². The molecule has 0 fully saturated rings. The van der Waals surface area contributed by atoms with Crippen molar-refractivity contribution in [3.8, 4) is 11.4 Å². The number of nitrogens with zero attached hydrogens (tertiary/aromatic N) is 3. The zero-order valence-corrected chi connectivity index (χ0v) is 16.5. The average molecular weight is 430 g/mol. The Morgan fingerprint density at radius 2 is 1.61 bits per heavy atom. The van der Waals surface area contributed by atoms with E-state index in [1.54, 1.807) is 12.3 Å². The van der Waals surface area contributed by atoms with Gasteiger partial charge in [-0.25, -0.2) is 4.98 Å². The molecule has 0 atom stereocenters. The number of benzene rings is 3. The summed E-state index contributed by atoms with van der Waals surface area (Å²) in [5, 5.41) is 4.92. The molecule has 1 heterocycles. The first kappa shape index (κ1) is 18.1. The lowest BCUT2D eigenvalue weighted by molar-refractivity contribution is 0.830. The lowest BCUT2D eigenvalue weighted by atomic mass is 10.2. The van der Waals surface area contributed by atoms with Crippen LogP contribution < -0.4 is 5.56 Å². The van der Waals surface area contributed by atoms with Crippen LogP contribution in [-0.4, -0.2) is 15.9 Å². The molecule has 0 saturated heterocycles. The minimum Gasteiger partial charge on any atom is -0.267 e. The van der Waals surface area contributed by atoms with E-state index in [2.05, 4.69) is 26.0 Å². The Labute approximate surface area is 170 Å². The van der Waals surface area contributed by atoms with Gasteiger partial charge >= 0.3 is 0 Å². The number of hydrogen-bond acceptors (Lipinski definition) is 3. The fraction of sp³-hybridized carbons (Fsp3) is 0. The molecule has 28 heavy (non-hydrogen) atoms. The van der Waals surface area contributed by atoms with Crippen LogP contribution >= 0.6 is 15.9 Å². The first-order valence-electron chi connectivity index (χ1n) is 8.76. The first-order chi connectivity index (χ1) is 13.7. The molecule has 4 nitrogen and oxygen atoms in total. The van der Waals surface area contributed by atoms with Crippen molar-refractivity contribution in [3.63, 3.8) is 0 Å². The molecule has 1 aromatic heterocycles. The Hall–Kier alpha value is -3.31. The summed E-state index contributed by atoms with van der Waals surface area (Å²) >= 11 is 3.44. The largest absolute Gasteiger partial charge is 0.282 e. The van der Waals surface area contributed by atoms with Crippen molar-refractivity contribution in [2.75, 3.05) is 0 Å². The summed E-state index contributed by atoms with van der Waals surface area (Å²) in [6.07, 6.45) is 5.35. The Morgan fingerprint density at radius 1 is 0.893 bits per heavy atom. The second kappa shape index (κ2) is 8.15. The number of para-hydroxylation sites is 1. The molecule has 0 radical (unpaired) electrons. The summed E-state index contributed by atoms with van der Waals surface area (Å²) in [6, 6.07) is 24.9. The topological polar surface area (TPSA) is 47.2 Å². The van der Waals surface area contributed by atoms with Gasteiger partial charge in [-0.3, -0.25) is 4.79 Å². The molecule has 4 aromatic rings. The minimum atomic E-state index is -0.201. The second-order valence-electron chi connectivity index (χ2n) is 6.11. The van der Waals surface area contributed by atoms with Crippen LogP contribution in [0.5, 0.6) is 0 Å². The van der Waals surface area contributed by atoms with E-state index >= 15 is 0 Å². The minimum absolute atomic E-state index is 0.201. The van der Waals surface area contributed by atoms with Gasteiger partial charge in [0.2, 0.25) is 0 Å². The standard InChI is InChI=1S/C23H16BrN3O/c24-19-14-12-18(13-15-19)22-26-21-11-5-4-10-20(21)23(28)27(22)25-16-6-9-17-7-2-1-3-8-17/h1-16H/b9-6+,25-16+. The molecule has 0 N–H and O–H groups in total. The normalized spacial score (nSPS) is 11.6. The van der Waals surface area contributed by atoms with Gasteiger partial charge in [-0.15, -0.1) is 0 Å². The summed E-state index contributed by atoms with van der Waals surface area (Å²) in [7, 11) is 0. The zero-order chi connectivity index (χ0) is 19.3. The highest BCUT2D eigenvalue weighted by atomic mass is 79.9. The van der Waals surface area contributed by atoms with E-state index in [1.165, 1.54) is 4.68 Å². The van der Waals surface area contributed by atoms with Crippen molar-refractivity contribution in [3.05, 3.63) is 105 Å². The molecular weight excluding hydrogens is 414 g/mol. The fourth-order valence-corrected chi connectivity index (χ4v) is 3.10. The van der Waals surface area contributed by atoms with Crippen molar-refractivity contribution in [2.24, 2.45) is 5.10 Å². The van der Waals surface area contributed by atoms with Crippen molar-refractivity contribution in [1.29, 1.82) is 0 Å². The van der Waals surface area contributed by atoms with Crippen LogP contribution in [-0.2, 0) is 0 Å². The lowest BCUT2D eigenvalue weighted by Crippen LogP contribution is -2.20. The summed E-state index contributed by atoms with van der Waals surface area (Å²) in [5.41, 5.74) is 2.32. The van der Waals surface area contributed by atoms with Crippen LogP contribution in [0.3, 0.4) is 0 Å². The fourth-order valence-electron chi connectivity index (χ4n) is 2.84. The highest BCUT2D eigenvalue weighted by Gasteiger charge is 2.11. The van der Waals surface area contributed by atoms with Gasteiger partial charge in [-0.05, 0) is 35.9 Å². The highest BCUT2D eigenvalue weighted by Crippen LogP contribution is 2.21. The summed E-state index contributed by atoms with van der Waals surface area (Å²) < 4.78 is 2.31. The molecule has 3 aromatic carbocycles. The number of allylic oxidation sites excluding steroid dienone is 1. The van der Waals surface area contributed by atoms with Crippen LogP contribution in [0.25, 0.3) is 28.4 Å². The maximum absolute atomic E-state index is 13.0. The highest BCUT2D eigenvalue weighted by molar-refractivity contribution is 9.10. The molecule has 0 amide bonds.